The average Bonchev–Trinajstić information content (AvgIpc) is 3.02. The molecule has 106 valence electrons. The molecule has 0 atom stereocenters. The number of rotatable bonds is 6. The van der Waals surface area contributed by atoms with E-state index in [2.05, 4.69) is 24.3 Å². The van der Waals surface area contributed by atoms with Crippen LogP contribution in [0.3, 0.4) is 0 Å². The topological polar surface area (TPSA) is 46.9 Å². The van der Waals surface area contributed by atoms with E-state index in [9.17, 15) is 4.79 Å². The van der Waals surface area contributed by atoms with Gasteiger partial charge in [-0.2, -0.15) is 5.10 Å². The van der Waals surface area contributed by atoms with Crippen LogP contribution in [-0.4, -0.2) is 22.2 Å². The van der Waals surface area contributed by atoms with E-state index in [0.29, 0.717) is 11.5 Å². The van der Waals surface area contributed by atoms with Crippen molar-refractivity contribution in [2.75, 3.05) is 6.54 Å². The maximum Gasteiger partial charge on any atom is 0.251 e. The van der Waals surface area contributed by atoms with Crippen LogP contribution in [0.4, 0.5) is 0 Å². The Hall–Kier alpha value is -2.10. The van der Waals surface area contributed by atoms with Gasteiger partial charge in [0.15, 0.2) is 0 Å². The van der Waals surface area contributed by atoms with Crippen molar-refractivity contribution in [2.45, 2.75) is 26.7 Å². The molecule has 0 saturated heterocycles. The molecule has 0 fully saturated rings. The van der Waals surface area contributed by atoms with Crippen molar-refractivity contribution in [3.05, 3.63) is 48.3 Å². The normalized spacial score (nSPS) is 10.8. The second-order valence-electron chi connectivity index (χ2n) is 4.89. The largest absolute Gasteiger partial charge is 0.352 e. The summed E-state index contributed by atoms with van der Waals surface area (Å²) in [6.45, 7) is 5.05. The summed E-state index contributed by atoms with van der Waals surface area (Å²) in [5.74, 6) is 0.547. The van der Waals surface area contributed by atoms with Crippen molar-refractivity contribution in [3.63, 3.8) is 0 Å². The van der Waals surface area contributed by atoms with Gasteiger partial charge in [-0.15, -0.1) is 0 Å². The zero-order chi connectivity index (χ0) is 14.4. The SMILES string of the molecule is CCC(CC)CNC(=O)c1ccc(-n2cccn2)cc1. The molecule has 0 aliphatic heterocycles. The van der Waals surface area contributed by atoms with E-state index >= 15 is 0 Å². The standard InChI is InChI=1S/C16H21N3O/c1-3-13(4-2)12-17-16(20)14-6-8-15(9-7-14)19-11-5-10-18-19/h5-11,13H,3-4,12H2,1-2H3,(H,17,20). The molecule has 0 aliphatic carbocycles. The first-order valence-corrected chi connectivity index (χ1v) is 7.12. The first-order valence-electron chi connectivity index (χ1n) is 7.12. The Morgan fingerprint density at radius 2 is 1.95 bits per heavy atom. The second kappa shape index (κ2) is 6.89. The van der Waals surface area contributed by atoms with Crippen molar-refractivity contribution in [3.8, 4) is 5.69 Å². The highest BCUT2D eigenvalue weighted by Crippen LogP contribution is 2.09. The number of aromatic nitrogens is 2. The van der Waals surface area contributed by atoms with Crippen molar-refractivity contribution in [1.82, 2.24) is 15.1 Å². The van der Waals surface area contributed by atoms with Crippen molar-refractivity contribution < 1.29 is 4.79 Å². The molecule has 0 radical (unpaired) electrons. The van der Waals surface area contributed by atoms with Gasteiger partial charge in [0.05, 0.1) is 5.69 Å². The molecular formula is C16H21N3O. The van der Waals surface area contributed by atoms with Gasteiger partial charge < -0.3 is 5.32 Å². The van der Waals surface area contributed by atoms with Crippen LogP contribution in [0.25, 0.3) is 5.69 Å². The van der Waals surface area contributed by atoms with Gasteiger partial charge in [-0.3, -0.25) is 4.79 Å². The van der Waals surface area contributed by atoms with E-state index in [1.165, 1.54) is 0 Å². The Bertz CT molecular complexity index is 527. The Kier molecular flexibility index (Phi) is 4.93. The lowest BCUT2D eigenvalue weighted by atomic mass is 10.0. The van der Waals surface area contributed by atoms with Crippen LogP contribution in [0.15, 0.2) is 42.7 Å². The van der Waals surface area contributed by atoms with Crippen LogP contribution in [0.2, 0.25) is 0 Å². The third-order valence-corrected chi connectivity index (χ3v) is 3.60. The highest BCUT2D eigenvalue weighted by Gasteiger charge is 2.08. The molecule has 1 aromatic heterocycles. The molecule has 4 heteroatoms. The molecule has 0 spiro atoms. The third kappa shape index (κ3) is 3.47. The Labute approximate surface area is 119 Å². The lowest BCUT2D eigenvalue weighted by Crippen LogP contribution is -2.28. The maximum atomic E-state index is 12.0. The zero-order valence-electron chi connectivity index (χ0n) is 12.0. The first kappa shape index (κ1) is 14.3. The first-order chi connectivity index (χ1) is 9.74. The minimum Gasteiger partial charge on any atom is -0.352 e. The molecule has 2 rings (SSSR count). The summed E-state index contributed by atoms with van der Waals surface area (Å²) < 4.78 is 1.77. The summed E-state index contributed by atoms with van der Waals surface area (Å²) in [6, 6.07) is 9.34. The summed E-state index contributed by atoms with van der Waals surface area (Å²) in [5.41, 5.74) is 1.64. The lowest BCUT2D eigenvalue weighted by Gasteiger charge is -2.13. The quantitative estimate of drug-likeness (QED) is 0.877. The van der Waals surface area contributed by atoms with E-state index < -0.39 is 0 Å². The fourth-order valence-electron chi connectivity index (χ4n) is 2.10. The molecule has 20 heavy (non-hydrogen) atoms. The van der Waals surface area contributed by atoms with Gasteiger partial charge in [0.1, 0.15) is 0 Å². The highest BCUT2D eigenvalue weighted by molar-refractivity contribution is 5.94. The molecule has 0 unspecified atom stereocenters. The van der Waals surface area contributed by atoms with Crippen molar-refractivity contribution >= 4 is 5.91 Å². The zero-order valence-corrected chi connectivity index (χ0v) is 12.0. The number of nitrogens with zero attached hydrogens (tertiary/aromatic N) is 2. The van der Waals surface area contributed by atoms with E-state index in [1.807, 2.05) is 36.5 Å². The van der Waals surface area contributed by atoms with Crippen LogP contribution in [-0.2, 0) is 0 Å². The van der Waals surface area contributed by atoms with Crippen LogP contribution in [0.1, 0.15) is 37.0 Å². The minimum absolute atomic E-state index is 0.0103. The minimum atomic E-state index is -0.0103. The van der Waals surface area contributed by atoms with Crippen molar-refractivity contribution in [2.24, 2.45) is 5.92 Å². The number of hydrogen-bond acceptors (Lipinski definition) is 2. The van der Waals surface area contributed by atoms with Gasteiger partial charge in [-0.05, 0) is 36.2 Å². The summed E-state index contributed by atoms with van der Waals surface area (Å²) in [7, 11) is 0. The predicted octanol–water partition coefficient (Wildman–Crippen LogP) is 3.04. The number of nitrogens with one attached hydrogen (secondary N) is 1. The monoisotopic (exact) mass is 271 g/mol. The predicted molar refractivity (Wildman–Crippen MR) is 80.0 cm³/mol. The van der Waals surface area contributed by atoms with Gasteiger partial charge in [0, 0.05) is 24.5 Å². The molecule has 4 nitrogen and oxygen atoms in total. The Balaban J connectivity index is 1.97. The molecule has 1 amide bonds. The van der Waals surface area contributed by atoms with Gasteiger partial charge >= 0.3 is 0 Å². The number of hydrogen-bond donors (Lipinski definition) is 1. The van der Waals surface area contributed by atoms with Crippen LogP contribution >= 0.6 is 0 Å². The van der Waals surface area contributed by atoms with Crippen LogP contribution in [0, 0.1) is 5.92 Å². The number of carbonyl (C=O) groups excluding carboxylic acids is 1. The molecule has 1 aromatic carbocycles. The summed E-state index contributed by atoms with van der Waals surface area (Å²) >= 11 is 0. The summed E-state index contributed by atoms with van der Waals surface area (Å²) in [5, 5.41) is 7.15. The van der Waals surface area contributed by atoms with E-state index in [-0.39, 0.29) is 5.91 Å². The van der Waals surface area contributed by atoms with Gasteiger partial charge in [0.2, 0.25) is 0 Å². The fourth-order valence-corrected chi connectivity index (χ4v) is 2.10. The third-order valence-electron chi connectivity index (χ3n) is 3.60. The number of carbonyl (C=O) groups is 1. The maximum absolute atomic E-state index is 12.0. The Morgan fingerprint density at radius 3 is 2.50 bits per heavy atom. The molecular weight excluding hydrogens is 250 g/mol. The molecule has 1 heterocycles. The lowest BCUT2D eigenvalue weighted by molar-refractivity contribution is 0.0946. The summed E-state index contributed by atoms with van der Waals surface area (Å²) in [6.07, 6.45) is 5.79. The van der Waals surface area contributed by atoms with Gasteiger partial charge in [-0.1, -0.05) is 26.7 Å². The molecule has 1 N–H and O–H groups in total. The summed E-state index contributed by atoms with van der Waals surface area (Å²) in [4.78, 5) is 12.0. The molecule has 2 aromatic rings. The van der Waals surface area contributed by atoms with Gasteiger partial charge in [-0.25, -0.2) is 4.68 Å². The Morgan fingerprint density at radius 1 is 1.25 bits per heavy atom. The second-order valence-corrected chi connectivity index (χ2v) is 4.89. The molecule has 0 saturated carbocycles. The highest BCUT2D eigenvalue weighted by atomic mass is 16.1. The molecule has 0 aliphatic rings. The van der Waals surface area contributed by atoms with Crippen LogP contribution in [0.5, 0.6) is 0 Å². The van der Waals surface area contributed by atoms with Crippen molar-refractivity contribution in [1.29, 1.82) is 0 Å². The fraction of sp³-hybridized carbons (Fsp3) is 0.375. The van der Waals surface area contributed by atoms with Crippen LogP contribution < -0.4 is 5.32 Å². The average molecular weight is 271 g/mol. The number of amides is 1. The van der Waals surface area contributed by atoms with E-state index in [0.717, 1.165) is 25.1 Å². The molecule has 0 bridgehead atoms. The van der Waals surface area contributed by atoms with E-state index in [4.69, 9.17) is 0 Å². The van der Waals surface area contributed by atoms with E-state index in [1.54, 1.807) is 10.9 Å². The van der Waals surface area contributed by atoms with Gasteiger partial charge in [0.25, 0.3) is 5.91 Å². The number of benzene rings is 1. The smallest absolute Gasteiger partial charge is 0.251 e.